The molecule has 0 saturated heterocycles. The van der Waals surface area contributed by atoms with Crippen LogP contribution in [-0.4, -0.2) is 15.4 Å². The van der Waals surface area contributed by atoms with Crippen molar-refractivity contribution in [2.24, 2.45) is 5.92 Å². The zero-order valence-corrected chi connectivity index (χ0v) is 12.5. The van der Waals surface area contributed by atoms with Gasteiger partial charge in [-0.15, -0.1) is 11.6 Å². The molecule has 6 heteroatoms. The minimum absolute atomic E-state index is 0.0145. The SMILES string of the molecule is CC(C)n1cc(C(F)(F)F)nc1C1CCC(CCl)CC1. The third-order valence-electron chi connectivity index (χ3n) is 4.04. The summed E-state index contributed by atoms with van der Waals surface area (Å²) in [6, 6.07) is -0.0145. The van der Waals surface area contributed by atoms with Crippen molar-refractivity contribution in [3.8, 4) is 0 Å². The standard InChI is InChI=1S/C14H20ClF3N2/c1-9(2)20-8-12(14(16,17)18)19-13(20)11-5-3-10(7-15)4-6-11/h8-11H,3-7H2,1-2H3. The van der Waals surface area contributed by atoms with Gasteiger partial charge in [-0.3, -0.25) is 0 Å². The van der Waals surface area contributed by atoms with Crippen LogP contribution in [0, 0.1) is 5.92 Å². The average Bonchev–Trinajstić information content (AvgIpc) is 2.84. The molecule has 114 valence electrons. The van der Waals surface area contributed by atoms with E-state index in [-0.39, 0.29) is 12.0 Å². The highest BCUT2D eigenvalue weighted by molar-refractivity contribution is 6.18. The van der Waals surface area contributed by atoms with E-state index in [1.54, 1.807) is 4.57 Å². The summed E-state index contributed by atoms with van der Waals surface area (Å²) in [6.45, 7) is 3.77. The molecule has 1 aromatic heterocycles. The van der Waals surface area contributed by atoms with Crippen LogP contribution in [0.2, 0.25) is 0 Å². The first-order valence-corrected chi connectivity index (χ1v) is 7.58. The van der Waals surface area contributed by atoms with Crippen molar-refractivity contribution in [2.45, 2.75) is 57.7 Å². The maximum atomic E-state index is 12.8. The molecule has 20 heavy (non-hydrogen) atoms. The quantitative estimate of drug-likeness (QED) is 0.719. The van der Waals surface area contributed by atoms with Crippen molar-refractivity contribution < 1.29 is 13.2 Å². The third kappa shape index (κ3) is 3.30. The van der Waals surface area contributed by atoms with Crippen LogP contribution < -0.4 is 0 Å². The molecule has 2 rings (SSSR count). The largest absolute Gasteiger partial charge is 0.434 e. The smallest absolute Gasteiger partial charge is 0.332 e. The van der Waals surface area contributed by atoms with Gasteiger partial charge >= 0.3 is 6.18 Å². The average molecular weight is 309 g/mol. The predicted octanol–water partition coefficient (Wildman–Crippen LogP) is 5.00. The van der Waals surface area contributed by atoms with Crippen LogP contribution in [-0.2, 0) is 6.18 Å². The summed E-state index contributed by atoms with van der Waals surface area (Å²) in [6.07, 6.45) is 0.466. The highest BCUT2D eigenvalue weighted by atomic mass is 35.5. The lowest BCUT2D eigenvalue weighted by Gasteiger charge is -2.28. The molecule has 0 N–H and O–H groups in total. The van der Waals surface area contributed by atoms with Crippen molar-refractivity contribution in [1.29, 1.82) is 0 Å². The Kier molecular flexibility index (Phi) is 4.67. The lowest BCUT2D eigenvalue weighted by Crippen LogP contribution is -2.18. The zero-order chi connectivity index (χ0) is 14.9. The van der Waals surface area contributed by atoms with E-state index >= 15 is 0 Å². The van der Waals surface area contributed by atoms with Gasteiger partial charge in [-0.25, -0.2) is 4.98 Å². The van der Waals surface area contributed by atoms with Crippen LogP contribution in [0.15, 0.2) is 6.20 Å². The van der Waals surface area contributed by atoms with Crippen LogP contribution >= 0.6 is 11.6 Å². The Morgan fingerprint density at radius 1 is 1.30 bits per heavy atom. The summed E-state index contributed by atoms with van der Waals surface area (Å²) in [5.41, 5.74) is -0.777. The van der Waals surface area contributed by atoms with Gasteiger partial charge in [0.2, 0.25) is 0 Å². The van der Waals surface area contributed by atoms with E-state index in [0.29, 0.717) is 17.6 Å². The van der Waals surface area contributed by atoms with Gasteiger partial charge < -0.3 is 4.57 Å². The molecule has 0 aliphatic heterocycles. The van der Waals surface area contributed by atoms with E-state index < -0.39 is 11.9 Å². The van der Waals surface area contributed by atoms with Crippen molar-refractivity contribution in [3.63, 3.8) is 0 Å². The lowest BCUT2D eigenvalue weighted by atomic mass is 9.82. The summed E-state index contributed by atoms with van der Waals surface area (Å²) >= 11 is 5.85. The molecule has 0 aromatic carbocycles. The Labute approximate surface area is 122 Å². The van der Waals surface area contributed by atoms with E-state index in [0.717, 1.165) is 31.9 Å². The normalized spacial score (nSPS) is 24.4. The van der Waals surface area contributed by atoms with Gasteiger partial charge in [-0.2, -0.15) is 13.2 Å². The molecule has 2 nitrogen and oxygen atoms in total. The van der Waals surface area contributed by atoms with Crippen LogP contribution in [0.3, 0.4) is 0 Å². The van der Waals surface area contributed by atoms with Gasteiger partial charge in [0, 0.05) is 24.0 Å². The fourth-order valence-electron chi connectivity index (χ4n) is 2.84. The molecule has 1 aliphatic rings. The number of alkyl halides is 4. The van der Waals surface area contributed by atoms with Gasteiger partial charge in [0.05, 0.1) is 0 Å². The summed E-state index contributed by atoms with van der Waals surface area (Å²) in [4.78, 5) is 3.88. The second kappa shape index (κ2) is 5.96. The van der Waals surface area contributed by atoms with Gasteiger partial charge in [0.1, 0.15) is 5.82 Å². The van der Waals surface area contributed by atoms with Crippen LogP contribution in [0.5, 0.6) is 0 Å². The minimum Gasteiger partial charge on any atom is -0.332 e. The summed E-state index contributed by atoms with van der Waals surface area (Å²) in [5.74, 6) is 1.84. The fourth-order valence-corrected chi connectivity index (χ4v) is 3.14. The lowest BCUT2D eigenvalue weighted by molar-refractivity contribution is -0.141. The first-order chi connectivity index (χ1) is 9.32. The monoisotopic (exact) mass is 308 g/mol. The molecule has 1 aromatic rings. The van der Waals surface area contributed by atoms with Gasteiger partial charge in [0.25, 0.3) is 0 Å². The Balaban J connectivity index is 2.24. The number of aromatic nitrogens is 2. The highest BCUT2D eigenvalue weighted by Crippen LogP contribution is 2.38. The van der Waals surface area contributed by atoms with E-state index in [4.69, 9.17) is 11.6 Å². The molecule has 1 heterocycles. The number of rotatable bonds is 3. The maximum Gasteiger partial charge on any atom is 0.434 e. The molecule has 1 aliphatic carbocycles. The van der Waals surface area contributed by atoms with E-state index in [9.17, 15) is 13.2 Å². The Morgan fingerprint density at radius 2 is 1.90 bits per heavy atom. The molecule has 0 spiro atoms. The molecule has 0 radical (unpaired) electrons. The Morgan fingerprint density at radius 3 is 2.35 bits per heavy atom. The summed E-state index contributed by atoms with van der Waals surface area (Å²) in [7, 11) is 0. The topological polar surface area (TPSA) is 17.8 Å². The maximum absolute atomic E-state index is 12.8. The van der Waals surface area contributed by atoms with E-state index in [2.05, 4.69) is 4.98 Å². The predicted molar refractivity (Wildman–Crippen MR) is 73.0 cm³/mol. The van der Waals surface area contributed by atoms with Crippen LogP contribution in [0.25, 0.3) is 0 Å². The first kappa shape index (κ1) is 15.7. The molecule has 0 bridgehead atoms. The van der Waals surface area contributed by atoms with Gasteiger partial charge in [-0.05, 0) is 45.4 Å². The van der Waals surface area contributed by atoms with E-state index in [1.165, 1.54) is 0 Å². The zero-order valence-electron chi connectivity index (χ0n) is 11.8. The van der Waals surface area contributed by atoms with Crippen LogP contribution in [0.1, 0.15) is 63.0 Å². The number of halogens is 4. The molecule has 0 unspecified atom stereocenters. The summed E-state index contributed by atoms with van der Waals surface area (Å²) in [5, 5.41) is 0. The summed E-state index contributed by atoms with van der Waals surface area (Å²) < 4.78 is 40.2. The van der Waals surface area contributed by atoms with Gasteiger partial charge in [0.15, 0.2) is 5.69 Å². The van der Waals surface area contributed by atoms with Crippen molar-refractivity contribution in [3.05, 3.63) is 17.7 Å². The molecule has 0 amide bonds. The molecular weight excluding hydrogens is 289 g/mol. The molecule has 1 saturated carbocycles. The number of hydrogen-bond acceptors (Lipinski definition) is 1. The highest BCUT2D eigenvalue weighted by Gasteiger charge is 2.36. The van der Waals surface area contributed by atoms with Crippen molar-refractivity contribution in [2.75, 3.05) is 5.88 Å². The van der Waals surface area contributed by atoms with Crippen molar-refractivity contribution >= 4 is 11.6 Å². The van der Waals surface area contributed by atoms with E-state index in [1.807, 2.05) is 13.8 Å². The fraction of sp³-hybridized carbons (Fsp3) is 0.786. The van der Waals surface area contributed by atoms with Crippen LogP contribution in [0.4, 0.5) is 13.2 Å². The van der Waals surface area contributed by atoms with Gasteiger partial charge in [-0.1, -0.05) is 0 Å². The van der Waals surface area contributed by atoms with Crippen molar-refractivity contribution in [1.82, 2.24) is 9.55 Å². The Hall–Kier alpha value is -0.710. The minimum atomic E-state index is -4.37. The molecular formula is C14H20ClF3N2. The number of nitrogens with zero attached hydrogens (tertiary/aromatic N) is 2. The third-order valence-corrected chi connectivity index (χ3v) is 4.47. The molecule has 0 atom stereocenters. The first-order valence-electron chi connectivity index (χ1n) is 7.04. The number of hydrogen-bond donors (Lipinski definition) is 0. The second-order valence-corrected chi connectivity index (χ2v) is 6.16. The Bertz CT molecular complexity index is 446. The molecule has 1 fully saturated rings. The second-order valence-electron chi connectivity index (χ2n) is 5.86. The number of imidazole rings is 1.